The number of ether oxygens (including phenoxy) is 1. The third-order valence-corrected chi connectivity index (χ3v) is 3.54. The van der Waals surface area contributed by atoms with E-state index in [1.807, 2.05) is 24.3 Å². The minimum absolute atomic E-state index is 0.294. The van der Waals surface area contributed by atoms with Crippen LogP contribution in [0.15, 0.2) is 24.3 Å². The highest BCUT2D eigenvalue weighted by atomic mass is 16.5. The molecule has 17 heavy (non-hydrogen) atoms. The summed E-state index contributed by atoms with van der Waals surface area (Å²) in [6.45, 7) is 2.85. The van der Waals surface area contributed by atoms with Crippen LogP contribution in [0, 0.1) is 5.92 Å². The van der Waals surface area contributed by atoms with Crippen molar-refractivity contribution in [3.8, 4) is 5.75 Å². The Labute approximate surface area is 104 Å². The number of rotatable bonds is 5. The minimum atomic E-state index is -0.294. The van der Waals surface area contributed by atoms with E-state index in [0.717, 1.165) is 37.2 Å². The molecule has 1 aliphatic rings. The number of aliphatic hydroxyl groups excluding tert-OH is 1. The molecule has 1 aliphatic carbocycles. The van der Waals surface area contributed by atoms with Crippen LogP contribution < -0.4 is 4.74 Å². The summed E-state index contributed by atoms with van der Waals surface area (Å²) < 4.78 is 5.53. The first kappa shape index (κ1) is 12.4. The van der Waals surface area contributed by atoms with Gasteiger partial charge in [-0.15, -0.1) is 0 Å². The highest BCUT2D eigenvalue weighted by molar-refractivity contribution is 5.28. The van der Waals surface area contributed by atoms with Crippen molar-refractivity contribution < 1.29 is 9.84 Å². The zero-order valence-electron chi connectivity index (χ0n) is 10.6. The molecule has 0 saturated heterocycles. The van der Waals surface area contributed by atoms with E-state index in [1.54, 1.807) is 0 Å². The van der Waals surface area contributed by atoms with Gasteiger partial charge in [0.2, 0.25) is 0 Å². The van der Waals surface area contributed by atoms with E-state index >= 15 is 0 Å². The highest BCUT2D eigenvalue weighted by Crippen LogP contribution is 2.35. The summed E-state index contributed by atoms with van der Waals surface area (Å²) in [6, 6.07) is 7.91. The molecule has 1 atom stereocenters. The molecule has 2 nitrogen and oxygen atoms in total. The van der Waals surface area contributed by atoms with Crippen LogP contribution in [-0.4, -0.2) is 11.7 Å². The molecule has 94 valence electrons. The van der Waals surface area contributed by atoms with E-state index in [1.165, 1.54) is 12.8 Å². The summed E-state index contributed by atoms with van der Waals surface area (Å²) in [4.78, 5) is 0. The van der Waals surface area contributed by atoms with Gasteiger partial charge < -0.3 is 9.84 Å². The van der Waals surface area contributed by atoms with Gasteiger partial charge in [-0.1, -0.05) is 31.9 Å². The molecule has 1 aromatic carbocycles. The second-order valence-corrected chi connectivity index (χ2v) is 4.91. The highest BCUT2D eigenvalue weighted by Gasteiger charge is 2.24. The molecule has 1 N–H and O–H groups in total. The maximum Gasteiger partial charge on any atom is 0.119 e. The van der Waals surface area contributed by atoms with Crippen LogP contribution in [0.2, 0.25) is 0 Å². The maximum absolute atomic E-state index is 10.2. The fraction of sp³-hybridized carbons (Fsp3) is 0.600. The van der Waals surface area contributed by atoms with Crippen molar-refractivity contribution in [1.82, 2.24) is 0 Å². The molecule has 1 aromatic rings. The Hall–Kier alpha value is -1.02. The van der Waals surface area contributed by atoms with Crippen LogP contribution in [-0.2, 0) is 0 Å². The molecule has 0 spiro atoms. The summed E-state index contributed by atoms with van der Waals surface area (Å²) in [5.74, 6) is 1.35. The largest absolute Gasteiger partial charge is 0.494 e. The lowest BCUT2D eigenvalue weighted by atomic mass is 9.94. The summed E-state index contributed by atoms with van der Waals surface area (Å²) in [5.41, 5.74) is 1.03. The van der Waals surface area contributed by atoms with Crippen LogP contribution in [0.3, 0.4) is 0 Å². The zero-order chi connectivity index (χ0) is 12.1. The van der Waals surface area contributed by atoms with Crippen molar-refractivity contribution in [2.45, 2.75) is 45.1 Å². The first-order valence-electron chi connectivity index (χ1n) is 6.72. The van der Waals surface area contributed by atoms with E-state index in [-0.39, 0.29) is 6.10 Å². The van der Waals surface area contributed by atoms with E-state index in [0.29, 0.717) is 5.92 Å². The second-order valence-electron chi connectivity index (χ2n) is 4.91. The molecule has 0 amide bonds. The van der Waals surface area contributed by atoms with Crippen molar-refractivity contribution in [2.24, 2.45) is 5.92 Å². The van der Waals surface area contributed by atoms with Gasteiger partial charge in [0.05, 0.1) is 12.7 Å². The Morgan fingerprint density at radius 2 is 1.88 bits per heavy atom. The van der Waals surface area contributed by atoms with Gasteiger partial charge in [-0.05, 0) is 42.9 Å². The molecule has 0 radical (unpaired) electrons. The monoisotopic (exact) mass is 234 g/mol. The van der Waals surface area contributed by atoms with Gasteiger partial charge in [-0.3, -0.25) is 0 Å². The third-order valence-electron chi connectivity index (χ3n) is 3.54. The normalized spacial score (nSPS) is 18.2. The van der Waals surface area contributed by atoms with Gasteiger partial charge in [-0.25, -0.2) is 0 Å². The predicted octanol–water partition coefficient (Wildman–Crippen LogP) is 3.70. The second kappa shape index (κ2) is 6.06. The molecule has 2 heteroatoms. The van der Waals surface area contributed by atoms with Gasteiger partial charge in [0.1, 0.15) is 5.75 Å². The van der Waals surface area contributed by atoms with Crippen molar-refractivity contribution in [3.63, 3.8) is 0 Å². The molecule has 0 aliphatic heterocycles. The van der Waals surface area contributed by atoms with E-state index in [4.69, 9.17) is 4.74 Å². The molecule has 0 aromatic heterocycles. The van der Waals surface area contributed by atoms with Gasteiger partial charge in [-0.2, -0.15) is 0 Å². The Morgan fingerprint density at radius 3 is 2.47 bits per heavy atom. The van der Waals surface area contributed by atoms with Gasteiger partial charge in [0.25, 0.3) is 0 Å². The Morgan fingerprint density at radius 1 is 1.24 bits per heavy atom. The van der Waals surface area contributed by atoms with Crippen LogP contribution in [0.25, 0.3) is 0 Å². The zero-order valence-corrected chi connectivity index (χ0v) is 10.6. The lowest BCUT2D eigenvalue weighted by molar-refractivity contribution is 0.111. The van der Waals surface area contributed by atoms with Crippen LogP contribution >= 0.6 is 0 Å². The summed E-state index contributed by atoms with van der Waals surface area (Å²) in [5, 5.41) is 10.2. The molecule has 0 heterocycles. The molecule has 0 bridgehead atoms. The Balaban J connectivity index is 1.96. The quantitative estimate of drug-likeness (QED) is 0.841. The van der Waals surface area contributed by atoms with Crippen LogP contribution in [0.4, 0.5) is 0 Å². The van der Waals surface area contributed by atoms with Crippen molar-refractivity contribution >= 4 is 0 Å². The third kappa shape index (κ3) is 3.22. The average Bonchev–Trinajstić information content (AvgIpc) is 2.90. The van der Waals surface area contributed by atoms with Gasteiger partial charge in [0, 0.05) is 0 Å². The van der Waals surface area contributed by atoms with E-state index in [2.05, 4.69) is 6.92 Å². The molecule has 2 rings (SSSR count). The lowest BCUT2D eigenvalue weighted by Gasteiger charge is -2.18. The smallest absolute Gasteiger partial charge is 0.119 e. The summed E-state index contributed by atoms with van der Waals surface area (Å²) in [7, 11) is 0. The SMILES string of the molecule is CCCOc1ccc(C(O)C2CCCC2)cc1. The fourth-order valence-electron chi connectivity index (χ4n) is 2.53. The molecular weight excluding hydrogens is 212 g/mol. The number of hydrogen-bond donors (Lipinski definition) is 1. The predicted molar refractivity (Wildman–Crippen MR) is 69.1 cm³/mol. The number of benzene rings is 1. The summed E-state index contributed by atoms with van der Waals surface area (Å²) >= 11 is 0. The Kier molecular flexibility index (Phi) is 4.43. The van der Waals surface area contributed by atoms with Gasteiger partial charge in [0.15, 0.2) is 0 Å². The minimum Gasteiger partial charge on any atom is -0.494 e. The van der Waals surface area contributed by atoms with Crippen LogP contribution in [0.5, 0.6) is 5.75 Å². The average molecular weight is 234 g/mol. The van der Waals surface area contributed by atoms with Crippen molar-refractivity contribution in [2.75, 3.05) is 6.61 Å². The van der Waals surface area contributed by atoms with E-state index < -0.39 is 0 Å². The standard InChI is InChI=1S/C15H22O2/c1-2-11-17-14-9-7-13(8-10-14)15(16)12-5-3-4-6-12/h7-10,12,15-16H,2-6,11H2,1H3. The molecular formula is C15H22O2. The molecule has 1 unspecified atom stereocenters. The fourth-order valence-corrected chi connectivity index (χ4v) is 2.53. The first-order valence-corrected chi connectivity index (χ1v) is 6.72. The number of hydrogen-bond acceptors (Lipinski definition) is 2. The first-order chi connectivity index (χ1) is 8.31. The maximum atomic E-state index is 10.2. The lowest BCUT2D eigenvalue weighted by Crippen LogP contribution is -2.08. The summed E-state index contributed by atoms with van der Waals surface area (Å²) in [6.07, 6.45) is 5.58. The van der Waals surface area contributed by atoms with Gasteiger partial charge >= 0.3 is 0 Å². The van der Waals surface area contributed by atoms with E-state index in [9.17, 15) is 5.11 Å². The molecule has 1 saturated carbocycles. The number of aliphatic hydroxyl groups is 1. The molecule has 1 fully saturated rings. The topological polar surface area (TPSA) is 29.5 Å². The van der Waals surface area contributed by atoms with Crippen molar-refractivity contribution in [3.05, 3.63) is 29.8 Å². The Bertz CT molecular complexity index is 325. The van der Waals surface area contributed by atoms with Crippen LogP contribution in [0.1, 0.15) is 50.7 Å². The van der Waals surface area contributed by atoms with Crippen molar-refractivity contribution in [1.29, 1.82) is 0 Å².